The van der Waals surface area contributed by atoms with E-state index in [4.69, 9.17) is 10.5 Å². The minimum absolute atomic E-state index is 0.0599. The van der Waals surface area contributed by atoms with Gasteiger partial charge in [-0.15, -0.1) is 0 Å². The highest BCUT2D eigenvalue weighted by Crippen LogP contribution is 2.30. The molecule has 1 aliphatic carbocycles. The van der Waals surface area contributed by atoms with Gasteiger partial charge in [0.1, 0.15) is 16.9 Å². The summed E-state index contributed by atoms with van der Waals surface area (Å²) >= 11 is 0. The maximum Gasteiger partial charge on any atom is 0.344 e. The van der Waals surface area contributed by atoms with Crippen molar-refractivity contribution in [1.29, 1.82) is 0 Å². The van der Waals surface area contributed by atoms with Gasteiger partial charge in [0.2, 0.25) is 5.91 Å². The van der Waals surface area contributed by atoms with Crippen molar-refractivity contribution in [3.05, 3.63) is 29.8 Å². The van der Waals surface area contributed by atoms with Crippen LogP contribution in [-0.4, -0.2) is 39.1 Å². The maximum atomic E-state index is 12.5. The molecule has 0 aliphatic heterocycles. The summed E-state index contributed by atoms with van der Waals surface area (Å²) in [7, 11) is 0. The molecule has 3 aromatic rings. The zero-order valence-corrected chi connectivity index (χ0v) is 15.9. The Kier molecular flexibility index (Phi) is 4.62. The molecule has 0 spiro atoms. The molecule has 1 fully saturated rings. The number of anilines is 1. The second-order valence-electron chi connectivity index (χ2n) is 7.16. The first kappa shape index (κ1) is 18.2. The standard InChI is InChI=1S/C20H23N5O3/c1-3-28-20(27)15-16-18(24-14-7-5-4-6-13(14)23-16)25(17(15)21)10-11(2)22-19(26)12-8-9-12/h4-7,11-12H,3,8-10,21H2,1-2H3,(H,22,26)/t11-/m0/s1. The summed E-state index contributed by atoms with van der Waals surface area (Å²) in [5.41, 5.74) is 8.85. The van der Waals surface area contributed by atoms with Gasteiger partial charge in [0.25, 0.3) is 0 Å². The van der Waals surface area contributed by atoms with Gasteiger partial charge in [0, 0.05) is 18.5 Å². The summed E-state index contributed by atoms with van der Waals surface area (Å²) < 4.78 is 6.92. The Bertz CT molecular complexity index is 1070. The summed E-state index contributed by atoms with van der Waals surface area (Å²) in [5, 5.41) is 3.00. The monoisotopic (exact) mass is 381 g/mol. The molecule has 4 rings (SSSR count). The number of ether oxygens (including phenoxy) is 1. The number of nitrogens with zero attached hydrogens (tertiary/aromatic N) is 3. The van der Waals surface area contributed by atoms with E-state index in [1.807, 2.05) is 31.2 Å². The van der Waals surface area contributed by atoms with Gasteiger partial charge in [0.15, 0.2) is 5.65 Å². The van der Waals surface area contributed by atoms with Crippen molar-refractivity contribution in [2.75, 3.05) is 12.3 Å². The number of nitrogens with one attached hydrogen (secondary N) is 1. The Labute approximate surface area is 162 Å². The van der Waals surface area contributed by atoms with E-state index >= 15 is 0 Å². The van der Waals surface area contributed by atoms with E-state index in [9.17, 15) is 9.59 Å². The molecule has 28 heavy (non-hydrogen) atoms. The lowest BCUT2D eigenvalue weighted by molar-refractivity contribution is -0.122. The van der Waals surface area contributed by atoms with Gasteiger partial charge in [-0.1, -0.05) is 12.1 Å². The minimum atomic E-state index is -0.525. The molecule has 1 saturated carbocycles. The molecule has 0 bridgehead atoms. The van der Waals surface area contributed by atoms with Crippen LogP contribution >= 0.6 is 0 Å². The van der Waals surface area contributed by atoms with Crippen molar-refractivity contribution in [1.82, 2.24) is 19.9 Å². The van der Waals surface area contributed by atoms with Gasteiger partial charge >= 0.3 is 5.97 Å². The number of nitrogen functional groups attached to an aromatic ring is 1. The molecule has 8 heteroatoms. The Morgan fingerprint density at radius 2 is 1.96 bits per heavy atom. The molecule has 0 radical (unpaired) electrons. The smallest absolute Gasteiger partial charge is 0.344 e. The number of aromatic nitrogens is 3. The van der Waals surface area contributed by atoms with Crippen LogP contribution in [0.2, 0.25) is 0 Å². The molecular weight excluding hydrogens is 358 g/mol. The van der Waals surface area contributed by atoms with Crippen LogP contribution in [0.15, 0.2) is 24.3 Å². The average Bonchev–Trinajstić information content (AvgIpc) is 3.48. The van der Waals surface area contributed by atoms with E-state index in [0.717, 1.165) is 12.8 Å². The lowest BCUT2D eigenvalue weighted by Crippen LogP contribution is -2.36. The third-order valence-electron chi connectivity index (χ3n) is 4.86. The summed E-state index contributed by atoms with van der Waals surface area (Å²) in [6.45, 7) is 4.26. The zero-order chi connectivity index (χ0) is 19.8. The maximum absolute atomic E-state index is 12.5. The predicted molar refractivity (Wildman–Crippen MR) is 106 cm³/mol. The van der Waals surface area contributed by atoms with Crippen LogP contribution in [0.1, 0.15) is 37.0 Å². The van der Waals surface area contributed by atoms with Crippen LogP contribution in [0.5, 0.6) is 0 Å². The molecule has 8 nitrogen and oxygen atoms in total. The molecular formula is C20H23N5O3. The molecule has 2 aromatic heterocycles. The van der Waals surface area contributed by atoms with E-state index in [-0.39, 0.29) is 35.9 Å². The number of nitrogens with two attached hydrogens (primary N) is 1. The Hall–Kier alpha value is -3.16. The highest BCUT2D eigenvalue weighted by Gasteiger charge is 2.31. The molecule has 0 unspecified atom stereocenters. The largest absolute Gasteiger partial charge is 0.462 e. The second-order valence-corrected chi connectivity index (χ2v) is 7.16. The summed E-state index contributed by atoms with van der Waals surface area (Å²) in [6, 6.07) is 7.27. The van der Waals surface area contributed by atoms with Crippen molar-refractivity contribution in [2.45, 2.75) is 39.3 Å². The van der Waals surface area contributed by atoms with Crippen LogP contribution in [0.4, 0.5) is 5.82 Å². The highest BCUT2D eigenvalue weighted by molar-refractivity contribution is 6.08. The number of carbonyl (C=O) groups is 2. The highest BCUT2D eigenvalue weighted by atomic mass is 16.5. The van der Waals surface area contributed by atoms with E-state index < -0.39 is 5.97 Å². The number of rotatable bonds is 6. The first-order chi connectivity index (χ1) is 13.5. The number of benzene rings is 1. The lowest BCUT2D eigenvalue weighted by atomic mass is 10.2. The average molecular weight is 381 g/mol. The van der Waals surface area contributed by atoms with Gasteiger partial charge < -0.3 is 20.4 Å². The number of hydrogen-bond acceptors (Lipinski definition) is 6. The number of fused-ring (bicyclic) bond motifs is 2. The fourth-order valence-electron chi connectivity index (χ4n) is 3.33. The van der Waals surface area contributed by atoms with E-state index in [1.165, 1.54) is 0 Å². The van der Waals surface area contributed by atoms with Crippen LogP contribution in [0.3, 0.4) is 0 Å². The van der Waals surface area contributed by atoms with Crippen molar-refractivity contribution in [3.63, 3.8) is 0 Å². The second kappa shape index (κ2) is 7.10. The van der Waals surface area contributed by atoms with Crippen LogP contribution in [0, 0.1) is 5.92 Å². The Balaban J connectivity index is 1.79. The lowest BCUT2D eigenvalue weighted by Gasteiger charge is -2.16. The fourth-order valence-corrected chi connectivity index (χ4v) is 3.33. The minimum Gasteiger partial charge on any atom is -0.462 e. The van der Waals surface area contributed by atoms with E-state index in [2.05, 4.69) is 15.3 Å². The fraction of sp³-hybridized carbons (Fsp3) is 0.400. The predicted octanol–water partition coefficient (Wildman–Crippen LogP) is 2.26. The first-order valence-electron chi connectivity index (χ1n) is 9.51. The van der Waals surface area contributed by atoms with Gasteiger partial charge in [-0.05, 0) is 38.8 Å². The van der Waals surface area contributed by atoms with Crippen LogP contribution < -0.4 is 11.1 Å². The number of hydrogen-bond donors (Lipinski definition) is 2. The SMILES string of the molecule is CCOC(=O)c1c(N)n(C[C@H](C)NC(=O)C2CC2)c2nc3ccccc3nc12. The van der Waals surface area contributed by atoms with Crippen molar-refractivity contribution < 1.29 is 14.3 Å². The third-order valence-corrected chi connectivity index (χ3v) is 4.86. The molecule has 1 atom stereocenters. The van der Waals surface area contributed by atoms with Gasteiger partial charge in [0.05, 0.1) is 17.6 Å². The number of esters is 1. The molecule has 146 valence electrons. The molecule has 1 amide bonds. The summed E-state index contributed by atoms with van der Waals surface area (Å²) in [5.74, 6) is -0.0935. The quantitative estimate of drug-likeness (QED) is 0.634. The van der Waals surface area contributed by atoms with Crippen LogP contribution in [0.25, 0.3) is 22.2 Å². The number of para-hydroxylation sites is 2. The molecule has 3 N–H and O–H groups in total. The Morgan fingerprint density at radius 3 is 2.61 bits per heavy atom. The normalized spacial score (nSPS) is 14.9. The van der Waals surface area contributed by atoms with E-state index in [0.29, 0.717) is 28.7 Å². The van der Waals surface area contributed by atoms with Crippen molar-refractivity contribution in [2.24, 2.45) is 5.92 Å². The van der Waals surface area contributed by atoms with Gasteiger partial charge in [-0.25, -0.2) is 14.8 Å². The number of carbonyl (C=O) groups excluding carboxylic acids is 2. The Morgan fingerprint density at radius 1 is 1.29 bits per heavy atom. The first-order valence-corrected chi connectivity index (χ1v) is 9.51. The zero-order valence-electron chi connectivity index (χ0n) is 15.9. The van der Waals surface area contributed by atoms with E-state index in [1.54, 1.807) is 11.5 Å². The summed E-state index contributed by atoms with van der Waals surface area (Å²) in [4.78, 5) is 33.9. The van der Waals surface area contributed by atoms with Crippen molar-refractivity contribution >= 4 is 39.9 Å². The molecule has 0 saturated heterocycles. The van der Waals surface area contributed by atoms with Gasteiger partial charge in [-0.3, -0.25) is 4.79 Å². The molecule has 1 aliphatic rings. The number of amides is 1. The third kappa shape index (κ3) is 3.26. The topological polar surface area (TPSA) is 112 Å². The summed E-state index contributed by atoms with van der Waals surface area (Å²) in [6.07, 6.45) is 1.88. The molecule has 2 heterocycles. The van der Waals surface area contributed by atoms with Crippen LogP contribution in [-0.2, 0) is 16.1 Å². The molecule has 1 aromatic carbocycles. The van der Waals surface area contributed by atoms with Gasteiger partial charge in [-0.2, -0.15) is 0 Å². The van der Waals surface area contributed by atoms with Crippen molar-refractivity contribution in [3.8, 4) is 0 Å².